The molecular weight excluding hydrogens is 279 g/mol. The van der Waals surface area contributed by atoms with E-state index < -0.39 is 22.6 Å². The SMILES string of the molecule is O=C(O)C(Cc1ccccc1F)c1ccncc1[N+](=O)[O-]. The Kier molecular flexibility index (Phi) is 4.22. The standard InChI is InChI=1S/C14H11FN2O4/c15-12-4-2-1-3-9(12)7-11(14(18)19)10-5-6-16-8-13(10)17(20)21/h1-6,8,11H,7H2,(H,18,19). The van der Waals surface area contributed by atoms with Gasteiger partial charge in [-0.15, -0.1) is 0 Å². The zero-order valence-corrected chi connectivity index (χ0v) is 10.8. The number of benzene rings is 1. The maximum Gasteiger partial charge on any atom is 0.311 e. The van der Waals surface area contributed by atoms with Gasteiger partial charge in [0, 0.05) is 11.8 Å². The molecule has 1 atom stereocenters. The zero-order valence-electron chi connectivity index (χ0n) is 10.8. The second-order valence-electron chi connectivity index (χ2n) is 4.38. The first-order chi connectivity index (χ1) is 10.0. The first kappa shape index (κ1) is 14.6. The topological polar surface area (TPSA) is 93.3 Å². The van der Waals surface area contributed by atoms with E-state index in [1.165, 1.54) is 30.5 Å². The van der Waals surface area contributed by atoms with E-state index in [9.17, 15) is 24.4 Å². The molecule has 7 heteroatoms. The van der Waals surface area contributed by atoms with E-state index >= 15 is 0 Å². The van der Waals surface area contributed by atoms with E-state index in [2.05, 4.69) is 4.98 Å². The average Bonchev–Trinajstić information content (AvgIpc) is 2.46. The minimum Gasteiger partial charge on any atom is -0.481 e. The van der Waals surface area contributed by atoms with Crippen molar-refractivity contribution in [3.05, 3.63) is 69.8 Å². The minimum absolute atomic E-state index is 0.00533. The molecule has 1 N–H and O–H groups in total. The van der Waals surface area contributed by atoms with Crippen molar-refractivity contribution < 1.29 is 19.2 Å². The van der Waals surface area contributed by atoms with Gasteiger partial charge in [0.1, 0.15) is 12.0 Å². The fraction of sp³-hybridized carbons (Fsp3) is 0.143. The van der Waals surface area contributed by atoms with E-state index in [1.54, 1.807) is 6.07 Å². The Morgan fingerprint density at radius 2 is 2.10 bits per heavy atom. The van der Waals surface area contributed by atoms with Crippen LogP contribution in [0.3, 0.4) is 0 Å². The molecule has 108 valence electrons. The summed E-state index contributed by atoms with van der Waals surface area (Å²) >= 11 is 0. The summed E-state index contributed by atoms with van der Waals surface area (Å²) in [6.07, 6.45) is 2.10. The lowest BCUT2D eigenvalue weighted by molar-refractivity contribution is -0.386. The van der Waals surface area contributed by atoms with Gasteiger partial charge >= 0.3 is 5.97 Å². The number of hydrogen-bond acceptors (Lipinski definition) is 4. The van der Waals surface area contributed by atoms with Gasteiger partial charge in [-0.2, -0.15) is 0 Å². The summed E-state index contributed by atoms with van der Waals surface area (Å²) in [6.45, 7) is 0. The van der Waals surface area contributed by atoms with Gasteiger partial charge in [-0.3, -0.25) is 19.9 Å². The second kappa shape index (κ2) is 6.08. The van der Waals surface area contributed by atoms with Crippen LogP contribution in [0.15, 0.2) is 42.7 Å². The molecule has 0 aliphatic heterocycles. The quantitative estimate of drug-likeness (QED) is 0.674. The Labute approximate surface area is 119 Å². The van der Waals surface area contributed by atoms with Crippen LogP contribution in [0.5, 0.6) is 0 Å². The Hall–Kier alpha value is -2.83. The van der Waals surface area contributed by atoms with Crippen LogP contribution in [0.4, 0.5) is 10.1 Å². The summed E-state index contributed by atoms with van der Waals surface area (Å²) in [5.74, 6) is -3.02. The molecule has 1 aromatic heterocycles. The van der Waals surface area contributed by atoms with Crippen LogP contribution < -0.4 is 0 Å². The molecule has 1 unspecified atom stereocenters. The molecule has 0 radical (unpaired) electrons. The monoisotopic (exact) mass is 290 g/mol. The Morgan fingerprint density at radius 3 is 2.71 bits per heavy atom. The summed E-state index contributed by atoms with van der Waals surface area (Å²) in [4.78, 5) is 25.3. The Morgan fingerprint density at radius 1 is 1.38 bits per heavy atom. The van der Waals surface area contributed by atoms with Crippen molar-refractivity contribution in [1.29, 1.82) is 0 Å². The van der Waals surface area contributed by atoms with Crippen molar-refractivity contribution in [2.24, 2.45) is 0 Å². The maximum atomic E-state index is 13.6. The van der Waals surface area contributed by atoms with Crippen LogP contribution in [-0.2, 0) is 11.2 Å². The number of aliphatic carboxylic acids is 1. The highest BCUT2D eigenvalue weighted by molar-refractivity contribution is 5.78. The number of rotatable bonds is 5. The first-order valence-electron chi connectivity index (χ1n) is 6.05. The highest BCUT2D eigenvalue weighted by Crippen LogP contribution is 2.29. The molecule has 2 rings (SSSR count). The first-order valence-corrected chi connectivity index (χ1v) is 6.05. The molecule has 0 saturated heterocycles. The third-order valence-electron chi connectivity index (χ3n) is 3.08. The van der Waals surface area contributed by atoms with Crippen LogP contribution >= 0.6 is 0 Å². The number of carbonyl (C=O) groups is 1. The maximum absolute atomic E-state index is 13.6. The van der Waals surface area contributed by atoms with Crippen molar-refractivity contribution in [3.63, 3.8) is 0 Å². The smallest absolute Gasteiger partial charge is 0.311 e. The van der Waals surface area contributed by atoms with Gasteiger partial charge in [0.25, 0.3) is 5.69 Å². The fourth-order valence-corrected chi connectivity index (χ4v) is 2.06. The summed E-state index contributed by atoms with van der Waals surface area (Å²) in [7, 11) is 0. The predicted octanol–water partition coefficient (Wildman–Crippen LogP) is 2.54. The zero-order chi connectivity index (χ0) is 15.4. The number of nitrogens with zero attached hydrogens (tertiary/aromatic N) is 2. The number of halogens is 1. The van der Waals surface area contributed by atoms with Gasteiger partial charge < -0.3 is 5.11 Å². The molecule has 1 aromatic carbocycles. The molecule has 0 saturated carbocycles. The normalized spacial score (nSPS) is 11.9. The fourth-order valence-electron chi connectivity index (χ4n) is 2.06. The van der Waals surface area contributed by atoms with E-state index in [0.717, 1.165) is 6.20 Å². The number of hydrogen-bond donors (Lipinski definition) is 1. The van der Waals surface area contributed by atoms with Crippen molar-refractivity contribution in [2.75, 3.05) is 0 Å². The number of carboxylic acids is 1. The molecule has 0 fully saturated rings. The highest BCUT2D eigenvalue weighted by Gasteiger charge is 2.28. The van der Waals surface area contributed by atoms with Crippen molar-refractivity contribution in [1.82, 2.24) is 4.98 Å². The molecule has 2 aromatic rings. The van der Waals surface area contributed by atoms with Gasteiger partial charge in [-0.1, -0.05) is 18.2 Å². The van der Waals surface area contributed by atoms with Crippen LogP contribution in [0.2, 0.25) is 0 Å². The highest BCUT2D eigenvalue weighted by atomic mass is 19.1. The third kappa shape index (κ3) is 3.19. The van der Waals surface area contributed by atoms with E-state index in [-0.39, 0.29) is 23.2 Å². The van der Waals surface area contributed by atoms with Crippen LogP contribution in [0.25, 0.3) is 0 Å². The molecule has 6 nitrogen and oxygen atoms in total. The number of carboxylic acid groups (broad SMARTS) is 1. The number of pyridine rings is 1. The lowest BCUT2D eigenvalue weighted by atomic mass is 9.91. The average molecular weight is 290 g/mol. The molecule has 1 heterocycles. The minimum atomic E-state index is -1.26. The van der Waals surface area contributed by atoms with Gasteiger partial charge in [-0.25, -0.2) is 4.39 Å². The van der Waals surface area contributed by atoms with Crippen molar-refractivity contribution >= 4 is 11.7 Å². The lowest BCUT2D eigenvalue weighted by Gasteiger charge is -2.13. The third-order valence-corrected chi connectivity index (χ3v) is 3.08. The summed E-state index contributed by atoms with van der Waals surface area (Å²) < 4.78 is 13.6. The molecule has 0 amide bonds. The van der Waals surface area contributed by atoms with E-state index in [1.807, 2.05) is 0 Å². The van der Waals surface area contributed by atoms with Crippen LogP contribution in [0.1, 0.15) is 17.0 Å². The Balaban J connectivity index is 2.44. The molecule has 0 aliphatic rings. The lowest BCUT2D eigenvalue weighted by Crippen LogP contribution is -2.16. The van der Waals surface area contributed by atoms with Crippen molar-refractivity contribution in [2.45, 2.75) is 12.3 Å². The molecule has 0 spiro atoms. The van der Waals surface area contributed by atoms with Gasteiger partial charge in [0.2, 0.25) is 0 Å². The summed E-state index contributed by atoms with van der Waals surface area (Å²) in [5.41, 5.74) is -0.192. The van der Waals surface area contributed by atoms with Gasteiger partial charge in [0.05, 0.1) is 10.8 Å². The Bertz CT molecular complexity index is 690. The number of nitro groups is 1. The summed E-state index contributed by atoms with van der Waals surface area (Å²) in [6, 6.07) is 7.02. The molecule has 0 bridgehead atoms. The van der Waals surface area contributed by atoms with Gasteiger partial charge in [-0.05, 0) is 24.1 Å². The van der Waals surface area contributed by atoms with E-state index in [0.29, 0.717) is 0 Å². The van der Waals surface area contributed by atoms with Gasteiger partial charge in [0.15, 0.2) is 0 Å². The molecule has 0 aliphatic carbocycles. The van der Waals surface area contributed by atoms with Crippen LogP contribution in [-0.4, -0.2) is 21.0 Å². The van der Waals surface area contributed by atoms with Crippen molar-refractivity contribution in [3.8, 4) is 0 Å². The molecular formula is C14H11FN2O4. The second-order valence-corrected chi connectivity index (χ2v) is 4.38. The summed E-state index contributed by atoms with van der Waals surface area (Å²) in [5, 5.41) is 20.3. The van der Waals surface area contributed by atoms with Crippen LogP contribution in [0, 0.1) is 15.9 Å². The molecule has 21 heavy (non-hydrogen) atoms. The number of aromatic nitrogens is 1. The predicted molar refractivity (Wildman–Crippen MR) is 71.4 cm³/mol. The van der Waals surface area contributed by atoms with E-state index in [4.69, 9.17) is 0 Å². The largest absolute Gasteiger partial charge is 0.481 e.